The molecule has 0 spiro atoms. The summed E-state index contributed by atoms with van der Waals surface area (Å²) in [6.07, 6.45) is -0.00649. The number of carbonyl (C=O) groups is 1. The molecule has 0 aliphatic carbocycles. The van der Waals surface area contributed by atoms with Crippen molar-refractivity contribution in [1.82, 2.24) is 9.78 Å². The number of aryl methyl sites for hydroxylation is 4. The van der Waals surface area contributed by atoms with Gasteiger partial charge < -0.3 is 5.11 Å². The Hall–Kier alpha value is -2.10. The van der Waals surface area contributed by atoms with Crippen LogP contribution in [0, 0.1) is 20.8 Å². The van der Waals surface area contributed by atoms with E-state index in [9.17, 15) is 4.79 Å². The number of rotatable bonds is 3. The molecule has 19 heavy (non-hydrogen) atoms. The Morgan fingerprint density at radius 3 is 2.32 bits per heavy atom. The van der Waals surface area contributed by atoms with Crippen molar-refractivity contribution in [3.8, 4) is 11.3 Å². The van der Waals surface area contributed by atoms with Gasteiger partial charge in [0.05, 0.1) is 12.1 Å². The Labute approximate surface area is 112 Å². The fourth-order valence-corrected chi connectivity index (χ4v) is 2.53. The minimum absolute atomic E-state index is 0.00649. The summed E-state index contributed by atoms with van der Waals surface area (Å²) in [6, 6.07) is 6.10. The predicted octanol–water partition coefficient (Wildman–Crippen LogP) is 2.64. The average molecular weight is 258 g/mol. The van der Waals surface area contributed by atoms with Gasteiger partial charge in [-0.2, -0.15) is 5.10 Å². The number of aliphatic carboxylic acids is 1. The number of hydrogen-bond donors (Lipinski definition) is 1. The predicted molar refractivity (Wildman–Crippen MR) is 74.2 cm³/mol. The van der Waals surface area contributed by atoms with Crippen LogP contribution in [0.2, 0.25) is 0 Å². The molecule has 4 nitrogen and oxygen atoms in total. The maximum absolute atomic E-state index is 10.8. The molecule has 0 amide bonds. The topological polar surface area (TPSA) is 55.1 Å². The molecule has 0 saturated heterocycles. The molecule has 1 aromatic heterocycles. The first kappa shape index (κ1) is 13.3. The third-order valence-electron chi connectivity index (χ3n) is 3.24. The van der Waals surface area contributed by atoms with Crippen LogP contribution in [0.15, 0.2) is 18.2 Å². The van der Waals surface area contributed by atoms with E-state index in [0.29, 0.717) is 5.69 Å². The van der Waals surface area contributed by atoms with Crippen LogP contribution in [-0.4, -0.2) is 20.9 Å². The van der Waals surface area contributed by atoms with E-state index in [0.717, 1.165) is 22.4 Å². The number of carboxylic acid groups (broad SMARTS) is 1. The second kappa shape index (κ2) is 4.88. The lowest BCUT2D eigenvalue weighted by atomic mass is 9.97. The van der Waals surface area contributed by atoms with Gasteiger partial charge in [0.15, 0.2) is 0 Å². The van der Waals surface area contributed by atoms with E-state index in [-0.39, 0.29) is 6.42 Å². The van der Waals surface area contributed by atoms with Crippen LogP contribution in [0.1, 0.15) is 22.4 Å². The number of hydrogen-bond acceptors (Lipinski definition) is 2. The fraction of sp³-hybridized carbons (Fsp3) is 0.333. The van der Waals surface area contributed by atoms with Gasteiger partial charge in [0.2, 0.25) is 0 Å². The Morgan fingerprint density at radius 1 is 1.21 bits per heavy atom. The van der Waals surface area contributed by atoms with Crippen LogP contribution in [-0.2, 0) is 18.3 Å². The lowest BCUT2D eigenvalue weighted by molar-refractivity contribution is -0.136. The molecule has 0 bridgehead atoms. The van der Waals surface area contributed by atoms with Gasteiger partial charge in [-0.15, -0.1) is 0 Å². The van der Waals surface area contributed by atoms with Gasteiger partial charge in [0.1, 0.15) is 0 Å². The fourth-order valence-electron chi connectivity index (χ4n) is 2.53. The van der Waals surface area contributed by atoms with Crippen molar-refractivity contribution in [3.05, 3.63) is 40.6 Å². The third kappa shape index (κ3) is 2.67. The van der Waals surface area contributed by atoms with E-state index in [1.807, 2.05) is 6.07 Å². The van der Waals surface area contributed by atoms with Gasteiger partial charge in [-0.3, -0.25) is 9.48 Å². The van der Waals surface area contributed by atoms with Crippen LogP contribution < -0.4 is 0 Å². The van der Waals surface area contributed by atoms with E-state index in [1.54, 1.807) is 11.7 Å². The third-order valence-corrected chi connectivity index (χ3v) is 3.24. The van der Waals surface area contributed by atoms with Crippen LogP contribution >= 0.6 is 0 Å². The van der Waals surface area contributed by atoms with Crippen molar-refractivity contribution in [2.24, 2.45) is 7.05 Å². The molecule has 100 valence electrons. The summed E-state index contributed by atoms with van der Waals surface area (Å²) in [5.41, 5.74) is 6.20. The first-order valence-corrected chi connectivity index (χ1v) is 6.21. The highest BCUT2D eigenvalue weighted by Gasteiger charge is 2.13. The Kier molecular flexibility index (Phi) is 3.42. The summed E-state index contributed by atoms with van der Waals surface area (Å²) in [7, 11) is 1.78. The number of nitrogens with zero attached hydrogens (tertiary/aromatic N) is 2. The molecule has 1 aromatic carbocycles. The molecule has 1 N–H and O–H groups in total. The quantitative estimate of drug-likeness (QED) is 0.920. The van der Waals surface area contributed by atoms with Gasteiger partial charge in [-0.05, 0) is 38.0 Å². The van der Waals surface area contributed by atoms with Gasteiger partial charge in [0, 0.05) is 18.3 Å². The first-order valence-electron chi connectivity index (χ1n) is 6.21. The summed E-state index contributed by atoms with van der Waals surface area (Å²) in [6.45, 7) is 6.18. The van der Waals surface area contributed by atoms with E-state index in [2.05, 4.69) is 38.0 Å². The van der Waals surface area contributed by atoms with Crippen molar-refractivity contribution in [3.63, 3.8) is 0 Å². The lowest BCUT2D eigenvalue weighted by Gasteiger charge is -2.08. The second-order valence-corrected chi connectivity index (χ2v) is 4.99. The molecular formula is C15H18N2O2. The van der Waals surface area contributed by atoms with Gasteiger partial charge in [0.25, 0.3) is 0 Å². The normalized spacial score (nSPS) is 10.7. The van der Waals surface area contributed by atoms with Gasteiger partial charge >= 0.3 is 5.97 Å². The van der Waals surface area contributed by atoms with Crippen molar-refractivity contribution >= 4 is 5.97 Å². The van der Waals surface area contributed by atoms with Crippen LogP contribution in [0.25, 0.3) is 11.3 Å². The summed E-state index contributed by atoms with van der Waals surface area (Å²) in [5.74, 6) is -0.841. The molecule has 0 aliphatic rings. The Morgan fingerprint density at radius 2 is 1.79 bits per heavy atom. The van der Waals surface area contributed by atoms with Crippen molar-refractivity contribution in [2.45, 2.75) is 27.2 Å². The van der Waals surface area contributed by atoms with E-state index in [1.165, 1.54) is 5.56 Å². The zero-order chi connectivity index (χ0) is 14.2. The highest BCUT2D eigenvalue weighted by Crippen LogP contribution is 2.27. The Balaban J connectivity index is 2.51. The molecule has 2 rings (SSSR count). The molecule has 0 radical (unpaired) electrons. The number of benzene rings is 1. The highest BCUT2D eigenvalue weighted by atomic mass is 16.4. The van der Waals surface area contributed by atoms with E-state index < -0.39 is 5.97 Å². The minimum atomic E-state index is -0.841. The van der Waals surface area contributed by atoms with Crippen molar-refractivity contribution in [2.75, 3.05) is 0 Å². The zero-order valence-electron chi connectivity index (χ0n) is 11.7. The molecule has 0 saturated carbocycles. The van der Waals surface area contributed by atoms with Gasteiger partial charge in [-0.25, -0.2) is 0 Å². The molecule has 4 heteroatoms. The molecular weight excluding hydrogens is 240 g/mol. The number of aromatic nitrogens is 2. The summed E-state index contributed by atoms with van der Waals surface area (Å²) >= 11 is 0. The van der Waals surface area contributed by atoms with E-state index in [4.69, 9.17) is 5.11 Å². The summed E-state index contributed by atoms with van der Waals surface area (Å²) in [4.78, 5) is 10.8. The zero-order valence-corrected chi connectivity index (χ0v) is 11.7. The van der Waals surface area contributed by atoms with Crippen molar-refractivity contribution < 1.29 is 9.90 Å². The summed E-state index contributed by atoms with van der Waals surface area (Å²) in [5, 5.41) is 13.3. The van der Waals surface area contributed by atoms with Crippen molar-refractivity contribution in [1.29, 1.82) is 0 Å². The van der Waals surface area contributed by atoms with Crippen LogP contribution in [0.4, 0.5) is 0 Å². The molecule has 0 aliphatic heterocycles. The molecule has 0 atom stereocenters. The minimum Gasteiger partial charge on any atom is -0.481 e. The largest absolute Gasteiger partial charge is 0.481 e. The SMILES string of the molecule is Cc1cc(C)c(-c2cc(CC(=O)O)n(C)n2)c(C)c1. The molecule has 2 aromatic rings. The highest BCUT2D eigenvalue weighted by molar-refractivity contribution is 5.72. The molecule has 0 fully saturated rings. The monoisotopic (exact) mass is 258 g/mol. The summed E-state index contributed by atoms with van der Waals surface area (Å²) < 4.78 is 1.64. The van der Waals surface area contributed by atoms with Gasteiger partial charge in [-0.1, -0.05) is 17.7 Å². The smallest absolute Gasteiger partial charge is 0.309 e. The van der Waals surface area contributed by atoms with Crippen LogP contribution in [0.5, 0.6) is 0 Å². The van der Waals surface area contributed by atoms with Crippen LogP contribution in [0.3, 0.4) is 0 Å². The molecule has 1 heterocycles. The second-order valence-electron chi connectivity index (χ2n) is 4.99. The maximum atomic E-state index is 10.8. The lowest BCUT2D eigenvalue weighted by Crippen LogP contribution is -2.05. The maximum Gasteiger partial charge on any atom is 0.309 e. The standard InChI is InChI=1S/C15H18N2O2/c1-9-5-10(2)15(11(3)6-9)13-7-12(8-14(18)19)17(4)16-13/h5-7H,8H2,1-4H3,(H,18,19). The average Bonchev–Trinajstić information content (AvgIpc) is 2.57. The van der Waals surface area contributed by atoms with E-state index >= 15 is 0 Å². The Bertz CT molecular complexity index is 619. The first-order chi connectivity index (χ1) is 8.88. The molecule has 0 unspecified atom stereocenters. The number of carboxylic acids is 1.